The van der Waals surface area contributed by atoms with Gasteiger partial charge >= 0.3 is 0 Å². The first kappa shape index (κ1) is 14.7. The summed E-state index contributed by atoms with van der Waals surface area (Å²) in [6.07, 6.45) is 1.23. The van der Waals surface area contributed by atoms with Crippen LogP contribution in [0, 0.1) is 0 Å². The molecule has 1 N–H and O–H groups in total. The molecular formula is C14H18N2O3S. The van der Waals surface area contributed by atoms with Crippen LogP contribution in [0.3, 0.4) is 0 Å². The van der Waals surface area contributed by atoms with Crippen molar-refractivity contribution in [3.05, 3.63) is 23.8 Å². The first-order valence-corrected chi connectivity index (χ1v) is 7.51. The van der Waals surface area contributed by atoms with E-state index < -0.39 is 0 Å². The predicted octanol–water partition coefficient (Wildman–Crippen LogP) is 1.86. The third-order valence-corrected chi connectivity index (χ3v) is 3.99. The summed E-state index contributed by atoms with van der Waals surface area (Å²) in [5, 5.41) is 4.14. The fraction of sp³-hybridized carbons (Fsp3) is 0.429. The van der Waals surface area contributed by atoms with E-state index in [1.165, 1.54) is 0 Å². The summed E-state index contributed by atoms with van der Waals surface area (Å²) >= 11 is 1.83. The molecule has 20 heavy (non-hydrogen) atoms. The van der Waals surface area contributed by atoms with Gasteiger partial charge in [-0.25, -0.2) is 5.43 Å². The summed E-state index contributed by atoms with van der Waals surface area (Å²) < 4.78 is 10.4. The van der Waals surface area contributed by atoms with Gasteiger partial charge in [0, 0.05) is 11.5 Å². The van der Waals surface area contributed by atoms with Crippen molar-refractivity contribution in [1.29, 1.82) is 0 Å². The predicted molar refractivity (Wildman–Crippen MR) is 80.8 cm³/mol. The summed E-state index contributed by atoms with van der Waals surface area (Å²) in [5.41, 5.74) is 4.52. The van der Waals surface area contributed by atoms with Crippen molar-refractivity contribution < 1.29 is 14.3 Å². The zero-order valence-electron chi connectivity index (χ0n) is 11.6. The molecule has 108 valence electrons. The Morgan fingerprint density at radius 1 is 1.35 bits per heavy atom. The topological polar surface area (TPSA) is 59.9 Å². The van der Waals surface area contributed by atoms with E-state index in [4.69, 9.17) is 9.47 Å². The number of hydrazone groups is 1. The Bertz CT molecular complexity index is 509. The molecule has 0 aliphatic carbocycles. The number of methoxy groups -OCH3 is 2. The van der Waals surface area contributed by atoms with Gasteiger partial charge in [0.1, 0.15) is 0 Å². The Balaban J connectivity index is 1.95. The van der Waals surface area contributed by atoms with Crippen LogP contribution in [0.2, 0.25) is 0 Å². The number of rotatable bonds is 5. The van der Waals surface area contributed by atoms with Gasteiger partial charge < -0.3 is 9.47 Å². The van der Waals surface area contributed by atoms with Crippen molar-refractivity contribution in [2.45, 2.75) is 12.8 Å². The van der Waals surface area contributed by atoms with E-state index >= 15 is 0 Å². The molecule has 0 atom stereocenters. The molecule has 1 heterocycles. The van der Waals surface area contributed by atoms with E-state index in [0.29, 0.717) is 11.5 Å². The molecule has 1 amide bonds. The van der Waals surface area contributed by atoms with Gasteiger partial charge in [-0.15, -0.1) is 0 Å². The molecule has 6 heteroatoms. The first-order chi connectivity index (χ1) is 9.72. The van der Waals surface area contributed by atoms with Crippen molar-refractivity contribution in [2.75, 3.05) is 25.7 Å². The Labute approximate surface area is 122 Å². The van der Waals surface area contributed by atoms with Gasteiger partial charge in [-0.1, -0.05) is 6.07 Å². The Kier molecular flexibility index (Phi) is 5.29. The maximum Gasteiger partial charge on any atom is 0.244 e. The fourth-order valence-electron chi connectivity index (χ4n) is 1.90. The molecule has 0 spiro atoms. The number of amides is 1. The zero-order valence-corrected chi connectivity index (χ0v) is 12.5. The number of nitrogens with one attached hydrogen (secondary N) is 1. The number of hydrogen-bond donors (Lipinski definition) is 1. The third-order valence-electron chi connectivity index (χ3n) is 2.96. The molecule has 5 nitrogen and oxygen atoms in total. The normalized spacial score (nSPS) is 16.2. The van der Waals surface area contributed by atoms with Crippen LogP contribution in [-0.4, -0.2) is 37.3 Å². The minimum Gasteiger partial charge on any atom is -0.493 e. The number of nitrogens with zero attached hydrogens (tertiary/aromatic N) is 1. The van der Waals surface area contributed by atoms with Crippen molar-refractivity contribution >= 4 is 23.4 Å². The van der Waals surface area contributed by atoms with Crippen molar-refractivity contribution in [3.8, 4) is 11.5 Å². The summed E-state index contributed by atoms with van der Waals surface area (Å²) in [6, 6.07) is 5.44. The van der Waals surface area contributed by atoms with Crippen LogP contribution in [0.5, 0.6) is 11.5 Å². The Morgan fingerprint density at radius 2 is 2.15 bits per heavy atom. The minimum atomic E-state index is -0.124. The van der Waals surface area contributed by atoms with Crippen LogP contribution in [0.15, 0.2) is 23.3 Å². The second-order valence-electron chi connectivity index (χ2n) is 4.38. The lowest BCUT2D eigenvalue weighted by molar-refractivity contribution is -0.120. The number of ether oxygens (including phenoxy) is 2. The van der Waals surface area contributed by atoms with E-state index in [9.17, 15) is 4.79 Å². The number of hydrogen-bond acceptors (Lipinski definition) is 5. The van der Waals surface area contributed by atoms with E-state index in [2.05, 4.69) is 10.5 Å². The van der Waals surface area contributed by atoms with Crippen molar-refractivity contribution in [3.63, 3.8) is 0 Å². The standard InChI is InChI=1S/C14H18N2O3S/c1-18-12-4-3-10(7-13(12)19-2)8-14(17)16-15-11-5-6-20-9-11/h3-4,7H,5-6,8-9H2,1-2H3,(H,16,17)/b15-11-. The molecule has 1 aromatic carbocycles. The molecule has 1 aliphatic heterocycles. The highest BCUT2D eigenvalue weighted by atomic mass is 32.2. The van der Waals surface area contributed by atoms with Gasteiger partial charge in [0.15, 0.2) is 11.5 Å². The molecule has 1 fully saturated rings. The number of carbonyl (C=O) groups excluding carboxylic acids is 1. The summed E-state index contributed by atoms with van der Waals surface area (Å²) in [5.74, 6) is 3.15. The van der Waals surface area contributed by atoms with Crippen molar-refractivity contribution in [1.82, 2.24) is 5.43 Å². The van der Waals surface area contributed by atoms with E-state index in [-0.39, 0.29) is 12.3 Å². The maximum absolute atomic E-state index is 11.8. The first-order valence-electron chi connectivity index (χ1n) is 6.36. The lowest BCUT2D eigenvalue weighted by Gasteiger charge is -2.09. The third kappa shape index (κ3) is 3.90. The molecule has 1 aromatic rings. The second kappa shape index (κ2) is 7.19. The summed E-state index contributed by atoms with van der Waals surface area (Å²) in [7, 11) is 3.16. The molecule has 2 rings (SSSR count). The van der Waals surface area contributed by atoms with E-state index in [1.54, 1.807) is 26.4 Å². The van der Waals surface area contributed by atoms with E-state index in [1.807, 2.05) is 17.8 Å². The molecule has 0 saturated carbocycles. The molecular weight excluding hydrogens is 276 g/mol. The van der Waals surface area contributed by atoms with Gasteiger partial charge in [0.25, 0.3) is 0 Å². The second-order valence-corrected chi connectivity index (χ2v) is 5.49. The van der Waals surface area contributed by atoms with Crippen LogP contribution in [-0.2, 0) is 11.2 Å². The maximum atomic E-state index is 11.8. The van der Waals surface area contributed by atoms with Gasteiger partial charge in [0.05, 0.1) is 20.6 Å². The fourth-order valence-corrected chi connectivity index (χ4v) is 2.87. The SMILES string of the molecule is COc1ccc(CC(=O)N/N=C2/CCSC2)cc1OC. The number of carbonyl (C=O) groups is 1. The van der Waals surface area contributed by atoms with Crippen molar-refractivity contribution in [2.24, 2.45) is 5.10 Å². The van der Waals surface area contributed by atoms with Gasteiger partial charge in [-0.3, -0.25) is 4.79 Å². The average Bonchev–Trinajstić information content (AvgIpc) is 2.98. The minimum absolute atomic E-state index is 0.124. The largest absolute Gasteiger partial charge is 0.493 e. The van der Waals surface area contributed by atoms with Crippen LogP contribution in [0.4, 0.5) is 0 Å². The van der Waals surface area contributed by atoms with Crippen LogP contribution >= 0.6 is 11.8 Å². The quantitative estimate of drug-likeness (QED) is 0.842. The lowest BCUT2D eigenvalue weighted by atomic mass is 10.1. The molecule has 0 unspecified atom stereocenters. The zero-order chi connectivity index (χ0) is 14.4. The van der Waals surface area contributed by atoms with Crippen LogP contribution in [0.1, 0.15) is 12.0 Å². The smallest absolute Gasteiger partial charge is 0.244 e. The van der Waals surface area contributed by atoms with Crippen LogP contribution in [0.25, 0.3) is 0 Å². The molecule has 1 saturated heterocycles. The highest BCUT2D eigenvalue weighted by Crippen LogP contribution is 2.27. The van der Waals surface area contributed by atoms with Crippen LogP contribution < -0.4 is 14.9 Å². The molecule has 0 aromatic heterocycles. The monoisotopic (exact) mass is 294 g/mol. The number of thioether (sulfide) groups is 1. The average molecular weight is 294 g/mol. The molecule has 0 bridgehead atoms. The lowest BCUT2D eigenvalue weighted by Crippen LogP contribution is -2.21. The van der Waals surface area contributed by atoms with Gasteiger partial charge in [-0.2, -0.15) is 16.9 Å². The van der Waals surface area contributed by atoms with Gasteiger partial charge in [0.2, 0.25) is 5.91 Å². The number of benzene rings is 1. The molecule has 1 aliphatic rings. The van der Waals surface area contributed by atoms with Gasteiger partial charge in [-0.05, 0) is 29.9 Å². The van der Waals surface area contributed by atoms with E-state index in [0.717, 1.165) is 29.2 Å². The summed E-state index contributed by atoms with van der Waals surface area (Å²) in [4.78, 5) is 11.8. The Morgan fingerprint density at radius 3 is 2.80 bits per heavy atom. The highest BCUT2D eigenvalue weighted by molar-refractivity contribution is 8.00. The highest BCUT2D eigenvalue weighted by Gasteiger charge is 2.10. The Hall–Kier alpha value is -1.69. The summed E-state index contributed by atoms with van der Waals surface area (Å²) in [6.45, 7) is 0. The molecule has 0 radical (unpaired) electrons.